The lowest BCUT2D eigenvalue weighted by atomic mass is 10.1. The lowest BCUT2D eigenvalue weighted by Crippen LogP contribution is -2.15. The molecule has 33 heavy (non-hydrogen) atoms. The van der Waals surface area contributed by atoms with Gasteiger partial charge in [-0.05, 0) is 71.1 Å². The van der Waals surface area contributed by atoms with Gasteiger partial charge in [0.1, 0.15) is 28.8 Å². The fraction of sp³-hybridized carbons (Fsp3) is 0.167. The number of thioether (sulfide) groups is 1. The van der Waals surface area contributed by atoms with Crippen LogP contribution in [0, 0.1) is 0 Å². The van der Waals surface area contributed by atoms with Crippen LogP contribution in [0.5, 0.6) is 11.5 Å². The molecule has 0 bridgehead atoms. The van der Waals surface area contributed by atoms with Crippen molar-refractivity contribution in [3.8, 4) is 23.0 Å². The molecule has 0 spiro atoms. The van der Waals surface area contributed by atoms with Crippen LogP contribution in [0.15, 0.2) is 68.2 Å². The van der Waals surface area contributed by atoms with Crippen LogP contribution >= 0.6 is 39.0 Å². The number of rotatable bonds is 5. The van der Waals surface area contributed by atoms with Crippen molar-refractivity contribution in [1.82, 2.24) is 9.88 Å². The zero-order chi connectivity index (χ0) is 23.1. The summed E-state index contributed by atoms with van der Waals surface area (Å²) in [4.78, 5) is 21.0. The summed E-state index contributed by atoms with van der Waals surface area (Å²) in [5, 5.41) is 3.57. The first-order chi connectivity index (χ1) is 15.9. The highest BCUT2D eigenvalue weighted by Gasteiger charge is 2.28. The molecule has 0 amide bonds. The summed E-state index contributed by atoms with van der Waals surface area (Å²) in [7, 11) is 0. The molecule has 2 aliphatic heterocycles. The second-order valence-corrected chi connectivity index (χ2v) is 10.3. The van der Waals surface area contributed by atoms with Gasteiger partial charge >= 0.3 is 0 Å². The molecular weight excluding hydrogens is 524 g/mol. The van der Waals surface area contributed by atoms with Crippen LogP contribution in [0.4, 0.5) is 0 Å². The van der Waals surface area contributed by atoms with Gasteiger partial charge in [-0.25, -0.2) is 4.98 Å². The first kappa shape index (κ1) is 22.1. The Morgan fingerprint density at radius 2 is 1.94 bits per heavy atom. The molecule has 168 valence electrons. The van der Waals surface area contributed by atoms with E-state index < -0.39 is 0 Å². The van der Waals surface area contributed by atoms with E-state index in [1.807, 2.05) is 30.4 Å². The van der Waals surface area contributed by atoms with Gasteiger partial charge in [0.15, 0.2) is 21.9 Å². The number of halogens is 1. The van der Waals surface area contributed by atoms with Gasteiger partial charge in [0.25, 0.3) is 0 Å². The molecule has 6 nitrogen and oxygen atoms in total. The smallest absolute Gasteiger partial charge is 0.205 e. The zero-order valence-electron chi connectivity index (χ0n) is 17.9. The highest BCUT2D eigenvalue weighted by molar-refractivity contribution is 9.10. The molecule has 4 heterocycles. The summed E-state index contributed by atoms with van der Waals surface area (Å²) >= 11 is 6.24. The van der Waals surface area contributed by atoms with Gasteiger partial charge in [-0.2, -0.15) is 0 Å². The van der Waals surface area contributed by atoms with Crippen LogP contribution in [0.1, 0.15) is 34.1 Å². The Labute approximate surface area is 207 Å². The fourth-order valence-electron chi connectivity index (χ4n) is 3.57. The van der Waals surface area contributed by atoms with E-state index in [4.69, 9.17) is 18.9 Å². The van der Waals surface area contributed by atoms with Gasteiger partial charge in [0.05, 0.1) is 10.7 Å². The quantitative estimate of drug-likeness (QED) is 0.324. The summed E-state index contributed by atoms with van der Waals surface area (Å²) in [6, 6.07) is 8.83. The molecule has 0 aliphatic carbocycles. The molecule has 0 atom stereocenters. The van der Waals surface area contributed by atoms with Gasteiger partial charge in [-0.15, -0.1) is 11.3 Å². The molecule has 9 heteroatoms. The van der Waals surface area contributed by atoms with Gasteiger partial charge < -0.3 is 18.8 Å². The third-order valence-corrected chi connectivity index (χ3v) is 7.26. The van der Waals surface area contributed by atoms with E-state index in [0.29, 0.717) is 56.3 Å². The van der Waals surface area contributed by atoms with E-state index in [0.717, 1.165) is 16.3 Å². The summed E-state index contributed by atoms with van der Waals surface area (Å²) < 4.78 is 17.6. The third kappa shape index (κ3) is 4.16. The number of carbonyl (C=O) groups excluding carboxylic acids is 1. The maximum absolute atomic E-state index is 13.7. The molecular formula is C24H19BrN2O4S2. The molecule has 0 saturated heterocycles. The number of furan rings is 1. The summed E-state index contributed by atoms with van der Waals surface area (Å²) in [6.45, 7) is 9.12. The Morgan fingerprint density at radius 1 is 1.15 bits per heavy atom. The summed E-state index contributed by atoms with van der Waals surface area (Å²) in [6.07, 6.45) is 1.96. The van der Waals surface area contributed by atoms with Crippen molar-refractivity contribution in [2.75, 3.05) is 13.2 Å². The van der Waals surface area contributed by atoms with E-state index in [1.165, 1.54) is 11.3 Å². The number of ketones is 1. The lowest BCUT2D eigenvalue weighted by Gasteiger charge is -2.20. The van der Waals surface area contributed by atoms with Crippen LogP contribution in [-0.4, -0.2) is 28.9 Å². The Balaban J connectivity index is 1.63. The normalized spacial score (nSPS) is 14.6. The number of hydrogen-bond donors (Lipinski definition) is 0. The minimum Gasteiger partial charge on any atom is -0.486 e. The minimum absolute atomic E-state index is 0.156. The Kier molecular flexibility index (Phi) is 5.94. The number of fused-ring (bicyclic) bond motifs is 1. The number of nitrogens with zero attached hydrogens (tertiary/aromatic N) is 2. The van der Waals surface area contributed by atoms with E-state index in [9.17, 15) is 4.79 Å². The predicted octanol–water partition coefficient (Wildman–Crippen LogP) is 6.91. The van der Waals surface area contributed by atoms with Crippen molar-refractivity contribution >= 4 is 50.5 Å². The standard InChI is InChI=1S/C24H19BrN2O4S2/c1-13(2)21(27-8-11-32-14(27)3)24-26-20(17-6-7-19(25)31-17)23(33-24)22(28)15-4-5-16-18(12-15)30-10-9-29-16/h4-8,11-12H,3,9-10H2,1-2H3. The van der Waals surface area contributed by atoms with Crippen LogP contribution in [0.3, 0.4) is 0 Å². The molecule has 0 saturated carbocycles. The second-order valence-electron chi connectivity index (χ2n) is 7.50. The number of benzene rings is 1. The van der Waals surface area contributed by atoms with Gasteiger partial charge in [0.2, 0.25) is 5.78 Å². The number of ether oxygens (including phenoxy) is 2. The predicted molar refractivity (Wildman–Crippen MR) is 134 cm³/mol. The van der Waals surface area contributed by atoms with Crippen LogP contribution < -0.4 is 9.47 Å². The van der Waals surface area contributed by atoms with E-state index in [1.54, 1.807) is 42.1 Å². The van der Waals surface area contributed by atoms with Gasteiger partial charge in [-0.1, -0.05) is 18.3 Å². The second kappa shape index (κ2) is 8.89. The van der Waals surface area contributed by atoms with Gasteiger partial charge in [-0.3, -0.25) is 4.79 Å². The first-order valence-electron chi connectivity index (χ1n) is 10.1. The molecule has 5 rings (SSSR count). The minimum atomic E-state index is -0.156. The van der Waals surface area contributed by atoms with Crippen LogP contribution in [-0.2, 0) is 0 Å². The highest BCUT2D eigenvalue weighted by atomic mass is 79.9. The van der Waals surface area contributed by atoms with E-state index >= 15 is 0 Å². The SMILES string of the molecule is C=C1SC=CN1C(=C(C)C)c1nc(-c2ccc(Br)o2)c(C(=O)c2ccc3c(c2)OCCO3)s1. The molecule has 0 radical (unpaired) electrons. The first-order valence-corrected chi connectivity index (χ1v) is 12.6. The molecule has 2 aromatic heterocycles. The fourth-order valence-corrected chi connectivity index (χ4v) is 5.66. The maximum atomic E-state index is 13.7. The topological polar surface area (TPSA) is 64.8 Å². The average molecular weight is 543 g/mol. The molecule has 0 N–H and O–H groups in total. The summed E-state index contributed by atoms with van der Waals surface area (Å²) in [5.41, 5.74) is 2.96. The van der Waals surface area contributed by atoms with Crippen molar-refractivity contribution in [3.63, 3.8) is 0 Å². The number of carbonyl (C=O) groups is 1. The largest absolute Gasteiger partial charge is 0.486 e. The van der Waals surface area contributed by atoms with E-state index in [-0.39, 0.29) is 5.78 Å². The Bertz CT molecular complexity index is 1330. The lowest BCUT2D eigenvalue weighted by molar-refractivity contribution is 0.104. The van der Waals surface area contributed by atoms with Crippen LogP contribution in [0.2, 0.25) is 0 Å². The highest BCUT2D eigenvalue weighted by Crippen LogP contribution is 2.42. The number of aromatic nitrogens is 1. The Morgan fingerprint density at radius 3 is 2.61 bits per heavy atom. The van der Waals surface area contributed by atoms with Gasteiger partial charge in [0, 0.05) is 11.8 Å². The van der Waals surface area contributed by atoms with Crippen molar-refractivity contribution in [2.24, 2.45) is 0 Å². The number of allylic oxidation sites excluding steroid dienone is 1. The van der Waals surface area contributed by atoms with Crippen molar-refractivity contribution in [1.29, 1.82) is 0 Å². The molecule has 1 aromatic carbocycles. The molecule has 0 fully saturated rings. The molecule has 2 aliphatic rings. The van der Waals surface area contributed by atoms with Crippen molar-refractivity contribution in [3.05, 3.63) is 79.2 Å². The molecule has 3 aromatic rings. The van der Waals surface area contributed by atoms with Crippen molar-refractivity contribution < 1.29 is 18.7 Å². The Hall–Kier alpha value is -2.75. The monoisotopic (exact) mass is 542 g/mol. The molecule has 0 unspecified atom stereocenters. The number of hydrogen-bond acceptors (Lipinski definition) is 8. The maximum Gasteiger partial charge on any atom is 0.205 e. The van der Waals surface area contributed by atoms with E-state index in [2.05, 4.69) is 22.5 Å². The summed E-state index contributed by atoms with van der Waals surface area (Å²) in [5.74, 6) is 1.57. The van der Waals surface area contributed by atoms with Crippen molar-refractivity contribution in [2.45, 2.75) is 13.8 Å². The third-order valence-electron chi connectivity index (χ3n) is 5.04. The number of thiazole rings is 1. The zero-order valence-corrected chi connectivity index (χ0v) is 21.1. The van der Waals surface area contributed by atoms with Crippen LogP contribution in [0.25, 0.3) is 17.2 Å². The average Bonchev–Trinajstić information content (AvgIpc) is 3.53.